The van der Waals surface area contributed by atoms with Gasteiger partial charge in [0.2, 0.25) is 0 Å². The molecule has 2 N–H and O–H groups in total. The van der Waals surface area contributed by atoms with Crippen LogP contribution in [-0.4, -0.2) is 17.6 Å². The first-order valence-corrected chi connectivity index (χ1v) is 7.75. The van der Waals surface area contributed by atoms with Gasteiger partial charge in [-0.05, 0) is 59.4 Å². The quantitative estimate of drug-likeness (QED) is 0.435. The summed E-state index contributed by atoms with van der Waals surface area (Å²) in [5.41, 5.74) is 0.479. The molecule has 0 aliphatic carbocycles. The second kappa shape index (κ2) is 7.69. The third kappa shape index (κ3) is 4.26. The summed E-state index contributed by atoms with van der Waals surface area (Å²) < 4.78 is 10.9. The maximum atomic E-state index is 12.1. The zero-order valence-electron chi connectivity index (χ0n) is 12.2. The van der Waals surface area contributed by atoms with E-state index in [1.165, 1.54) is 12.3 Å². The van der Waals surface area contributed by atoms with E-state index in [2.05, 4.69) is 5.32 Å². The van der Waals surface area contributed by atoms with Gasteiger partial charge in [-0.1, -0.05) is 0 Å². The number of rotatable bonds is 5. The SMILES string of the molecule is CCOc1cc(C=C(C#N)C(=O)Nc2ccco2)cc(I)c1O. The van der Waals surface area contributed by atoms with Gasteiger partial charge in [0.1, 0.15) is 11.6 Å². The molecular weight excluding hydrogens is 411 g/mol. The third-order valence-corrected chi connectivity index (χ3v) is 3.61. The molecular formula is C16H13IN2O4. The molecule has 23 heavy (non-hydrogen) atoms. The van der Waals surface area contributed by atoms with Crippen molar-refractivity contribution in [3.05, 3.63) is 45.2 Å². The first-order chi connectivity index (χ1) is 11.0. The molecule has 2 rings (SSSR count). The summed E-state index contributed by atoms with van der Waals surface area (Å²) >= 11 is 1.95. The maximum absolute atomic E-state index is 12.1. The summed E-state index contributed by atoms with van der Waals surface area (Å²) in [5, 5.41) is 21.6. The second-order valence-corrected chi connectivity index (χ2v) is 5.55. The molecule has 0 unspecified atom stereocenters. The second-order valence-electron chi connectivity index (χ2n) is 4.38. The number of carbonyl (C=O) groups excluding carboxylic acids is 1. The van der Waals surface area contributed by atoms with Crippen LogP contribution in [-0.2, 0) is 4.79 Å². The minimum absolute atomic E-state index is 0.0307. The molecule has 6 nitrogen and oxygen atoms in total. The van der Waals surface area contributed by atoms with E-state index in [0.717, 1.165) is 0 Å². The van der Waals surface area contributed by atoms with E-state index in [4.69, 9.17) is 9.15 Å². The highest BCUT2D eigenvalue weighted by molar-refractivity contribution is 14.1. The van der Waals surface area contributed by atoms with E-state index in [-0.39, 0.29) is 17.2 Å². The van der Waals surface area contributed by atoms with Crippen LogP contribution < -0.4 is 10.1 Å². The summed E-state index contributed by atoms with van der Waals surface area (Å²) in [6, 6.07) is 8.27. The Morgan fingerprint density at radius 2 is 2.35 bits per heavy atom. The molecule has 1 aromatic heterocycles. The summed E-state index contributed by atoms with van der Waals surface area (Å²) in [7, 11) is 0. The van der Waals surface area contributed by atoms with Crippen molar-refractivity contribution in [2.75, 3.05) is 11.9 Å². The third-order valence-electron chi connectivity index (χ3n) is 2.78. The highest BCUT2D eigenvalue weighted by Crippen LogP contribution is 2.33. The lowest BCUT2D eigenvalue weighted by Gasteiger charge is -2.09. The van der Waals surface area contributed by atoms with Gasteiger partial charge in [-0.3, -0.25) is 10.1 Å². The molecule has 118 valence electrons. The van der Waals surface area contributed by atoms with Gasteiger partial charge < -0.3 is 14.3 Å². The molecule has 0 atom stereocenters. The van der Waals surface area contributed by atoms with Gasteiger partial charge in [0.05, 0.1) is 16.4 Å². The van der Waals surface area contributed by atoms with E-state index in [9.17, 15) is 15.2 Å². The molecule has 0 saturated carbocycles. The minimum Gasteiger partial charge on any atom is -0.504 e. The highest BCUT2D eigenvalue weighted by atomic mass is 127. The Morgan fingerprint density at radius 1 is 1.57 bits per heavy atom. The van der Waals surface area contributed by atoms with Crippen molar-refractivity contribution in [3.8, 4) is 17.6 Å². The van der Waals surface area contributed by atoms with E-state index in [0.29, 0.717) is 21.5 Å². The van der Waals surface area contributed by atoms with Gasteiger partial charge >= 0.3 is 0 Å². The molecule has 0 bridgehead atoms. The number of benzene rings is 1. The Balaban J connectivity index is 2.30. The van der Waals surface area contributed by atoms with Crippen LogP contribution in [0.5, 0.6) is 11.5 Å². The fraction of sp³-hybridized carbons (Fsp3) is 0.125. The first-order valence-electron chi connectivity index (χ1n) is 6.67. The zero-order chi connectivity index (χ0) is 16.8. The Hall–Kier alpha value is -2.47. The molecule has 0 aliphatic heterocycles. The first kappa shape index (κ1) is 16.9. The van der Waals surface area contributed by atoms with Gasteiger partial charge in [-0.15, -0.1) is 0 Å². The van der Waals surface area contributed by atoms with Crippen molar-refractivity contribution >= 4 is 40.5 Å². The number of nitrogens with zero attached hydrogens (tertiary/aromatic N) is 1. The van der Waals surface area contributed by atoms with Gasteiger partial charge in [0.15, 0.2) is 17.4 Å². The number of nitriles is 1. The molecule has 0 spiro atoms. The van der Waals surface area contributed by atoms with E-state index >= 15 is 0 Å². The molecule has 1 heterocycles. The number of aromatic hydroxyl groups is 1. The van der Waals surface area contributed by atoms with Crippen LogP contribution in [0.2, 0.25) is 0 Å². The minimum atomic E-state index is -0.580. The van der Waals surface area contributed by atoms with Crippen LogP contribution in [0.3, 0.4) is 0 Å². The summed E-state index contributed by atoms with van der Waals surface area (Å²) in [4.78, 5) is 12.1. The van der Waals surface area contributed by atoms with Crippen LogP contribution >= 0.6 is 22.6 Å². The largest absolute Gasteiger partial charge is 0.504 e. The Labute approximate surface area is 146 Å². The predicted octanol–water partition coefficient (Wildman–Crippen LogP) is 3.53. The van der Waals surface area contributed by atoms with Gasteiger partial charge in [0, 0.05) is 6.07 Å². The summed E-state index contributed by atoms with van der Waals surface area (Å²) in [6.07, 6.45) is 2.84. The average Bonchev–Trinajstić information content (AvgIpc) is 3.02. The number of phenols is 1. The number of halogens is 1. The molecule has 1 aromatic carbocycles. The highest BCUT2D eigenvalue weighted by Gasteiger charge is 2.13. The fourth-order valence-corrected chi connectivity index (χ4v) is 2.41. The maximum Gasteiger partial charge on any atom is 0.268 e. The molecule has 1 amide bonds. The van der Waals surface area contributed by atoms with Crippen molar-refractivity contribution in [3.63, 3.8) is 0 Å². The number of phenolic OH excluding ortho intramolecular Hbond substituents is 1. The molecule has 0 saturated heterocycles. The molecule has 0 aliphatic rings. The van der Waals surface area contributed by atoms with Crippen molar-refractivity contribution in [2.45, 2.75) is 6.92 Å². The van der Waals surface area contributed by atoms with Gasteiger partial charge in [-0.25, -0.2) is 0 Å². The van der Waals surface area contributed by atoms with E-state index < -0.39 is 5.91 Å². The van der Waals surface area contributed by atoms with Crippen molar-refractivity contribution in [1.82, 2.24) is 0 Å². The topological polar surface area (TPSA) is 95.5 Å². The fourth-order valence-electron chi connectivity index (χ4n) is 1.79. The predicted molar refractivity (Wildman–Crippen MR) is 92.9 cm³/mol. The Kier molecular flexibility index (Phi) is 5.65. The number of ether oxygens (including phenoxy) is 1. The number of carbonyl (C=O) groups is 1. The lowest BCUT2D eigenvalue weighted by Crippen LogP contribution is -2.12. The van der Waals surface area contributed by atoms with Gasteiger partial charge in [-0.2, -0.15) is 5.26 Å². The molecule has 0 fully saturated rings. The standard InChI is InChI=1S/C16H13IN2O4/c1-2-22-13-8-10(7-12(17)15(13)20)6-11(9-18)16(21)19-14-4-3-5-23-14/h3-8,20H,2H2,1H3,(H,19,21). The molecule has 7 heteroatoms. The summed E-state index contributed by atoms with van der Waals surface area (Å²) in [5.74, 6) is 0.00691. The van der Waals surface area contributed by atoms with E-state index in [1.807, 2.05) is 28.7 Å². The number of anilines is 1. The average molecular weight is 424 g/mol. The van der Waals surface area contributed by atoms with Crippen LogP contribution in [0.4, 0.5) is 5.88 Å². The lowest BCUT2D eigenvalue weighted by molar-refractivity contribution is -0.112. The van der Waals surface area contributed by atoms with Crippen molar-refractivity contribution in [2.24, 2.45) is 0 Å². The van der Waals surface area contributed by atoms with Crippen molar-refractivity contribution < 1.29 is 19.1 Å². The normalized spacial score (nSPS) is 10.9. The number of hydrogen-bond donors (Lipinski definition) is 2. The van der Waals surface area contributed by atoms with E-state index in [1.54, 1.807) is 31.2 Å². The number of nitrogens with one attached hydrogen (secondary N) is 1. The molecule has 0 radical (unpaired) electrons. The van der Waals surface area contributed by atoms with Crippen LogP contribution in [0.1, 0.15) is 12.5 Å². The molecule has 2 aromatic rings. The van der Waals surface area contributed by atoms with Crippen LogP contribution in [0.15, 0.2) is 40.5 Å². The van der Waals surface area contributed by atoms with Crippen LogP contribution in [0.25, 0.3) is 6.08 Å². The number of amides is 1. The Morgan fingerprint density at radius 3 is 2.96 bits per heavy atom. The van der Waals surface area contributed by atoms with Crippen molar-refractivity contribution in [1.29, 1.82) is 5.26 Å². The smallest absolute Gasteiger partial charge is 0.268 e. The number of hydrogen-bond acceptors (Lipinski definition) is 5. The monoisotopic (exact) mass is 424 g/mol. The number of furan rings is 1. The summed E-state index contributed by atoms with van der Waals surface area (Å²) in [6.45, 7) is 2.19. The lowest BCUT2D eigenvalue weighted by atomic mass is 10.1. The van der Waals surface area contributed by atoms with Crippen LogP contribution in [0, 0.1) is 14.9 Å². The van der Waals surface area contributed by atoms with Gasteiger partial charge in [0.25, 0.3) is 5.91 Å². The zero-order valence-corrected chi connectivity index (χ0v) is 14.3. The Bertz CT molecular complexity index is 776.